The molecule has 1 aliphatic rings. The molecule has 3 rings (SSSR count). The number of pyridine rings is 1. The average molecular weight is 298 g/mol. The topological polar surface area (TPSA) is 110 Å². The van der Waals surface area contributed by atoms with Crippen molar-refractivity contribution < 1.29 is 14.4 Å². The van der Waals surface area contributed by atoms with Crippen LogP contribution in [0.25, 0.3) is 0 Å². The van der Waals surface area contributed by atoms with Crippen LogP contribution < -0.4 is 14.8 Å². The summed E-state index contributed by atoms with van der Waals surface area (Å²) in [4.78, 5) is 14.1. The van der Waals surface area contributed by atoms with Crippen LogP contribution in [0.15, 0.2) is 30.3 Å². The molecule has 0 saturated carbocycles. The van der Waals surface area contributed by atoms with E-state index in [1.165, 1.54) is 12.1 Å². The number of nitro groups is 1. The van der Waals surface area contributed by atoms with Gasteiger partial charge in [-0.2, -0.15) is 5.26 Å². The second-order valence-corrected chi connectivity index (χ2v) is 4.42. The maximum absolute atomic E-state index is 10.8. The number of anilines is 2. The maximum Gasteiger partial charge on any atom is 0.305 e. The summed E-state index contributed by atoms with van der Waals surface area (Å²) in [6.45, 7) is 0.986. The number of hydrogen-bond donors (Lipinski definition) is 1. The van der Waals surface area contributed by atoms with Gasteiger partial charge in [-0.15, -0.1) is 0 Å². The molecule has 110 valence electrons. The van der Waals surface area contributed by atoms with Crippen molar-refractivity contribution in [1.82, 2.24) is 4.98 Å². The molecule has 0 radical (unpaired) electrons. The SMILES string of the molecule is N#Cc1nc(Nc2ccc3c(c2)OCCO3)ccc1[N+](=O)[O-]. The average Bonchev–Trinajstić information content (AvgIpc) is 2.54. The molecule has 1 aromatic carbocycles. The molecule has 0 aliphatic carbocycles. The summed E-state index contributed by atoms with van der Waals surface area (Å²) in [6.07, 6.45) is 0. The van der Waals surface area contributed by atoms with E-state index in [0.717, 1.165) is 0 Å². The van der Waals surface area contributed by atoms with Crippen molar-refractivity contribution in [2.24, 2.45) is 0 Å². The molecule has 8 nitrogen and oxygen atoms in total. The predicted octanol–water partition coefficient (Wildman–Crippen LogP) is 2.38. The number of fused-ring (bicyclic) bond motifs is 1. The molecule has 1 aliphatic heterocycles. The number of benzene rings is 1. The number of nitrogens with zero attached hydrogens (tertiary/aromatic N) is 3. The maximum atomic E-state index is 10.8. The van der Waals surface area contributed by atoms with E-state index in [1.807, 2.05) is 0 Å². The monoisotopic (exact) mass is 298 g/mol. The van der Waals surface area contributed by atoms with Gasteiger partial charge >= 0.3 is 5.69 Å². The van der Waals surface area contributed by atoms with Crippen LogP contribution in [0.2, 0.25) is 0 Å². The Hall–Kier alpha value is -3.34. The minimum absolute atomic E-state index is 0.243. The van der Waals surface area contributed by atoms with E-state index in [4.69, 9.17) is 14.7 Å². The summed E-state index contributed by atoms with van der Waals surface area (Å²) in [5.41, 5.74) is 0.109. The quantitative estimate of drug-likeness (QED) is 0.684. The molecule has 0 saturated heterocycles. The fourth-order valence-electron chi connectivity index (χ4n) is 2.02. The molecule has 1 aromatic heterocycles. The standard InChI is InChI=1S/C14H10N4O4/c15-8-10-11(18(19)20)2-4-14(17-10)16-9-1-3-12-13(7-9)22-6-5-21-12/h1-4,7H,5-6H2,(H,16,17). The van der Waals surface area contributed by atoms with Crippen LogP contribution in [0.3, 0.4) is 0 Å². The Morgan fingerprint density at radius 1 is 1.23 bits per heavy atom. The Balaban J connectivity index is 1.87. The fourth-order valence-corrected chi connectivity index (χ4v) is 2.02. The summed E-state index contributed by atoms with van der Waals surface area (Å²) in [5, 5.41) is 22.7. The van der Waals surface area contributed by atoms with E-state index in [0.29, 0.717) is 36.2 Å². The van der Waals surface area contributed by atoms with E-state index in [9.17, 15) is 10.1 Å². The van der Waals surface area contributed by atoms with Gasteiger partial charge in [-0.05, 0) is 18.2 Å². The normalized spacial score (nSPS) is 12.3. The Morgan fingerprint density at radius 2 is 2.00 bits per heavy atom. The number of rotatable bonds is 3. The number of aromatic nitrogens is 1. The zero-order valence-electron chi connectivity index (χ0n) is 11.3. The van der Waals surface area contributed by atoms with Crippen molar-refractivity contribution in [2.75, 3.05) is 18.5 Å². The van der Waals surface area contributed by atoms with E-state index >= 15 is 0 Å². The van der Waals surface area contributed by atoms with Crippen LogP contribution in [0.5, 0.6) is 11.5 Å². The lowest BCUT2D eigenvalue weighted by Crippen LogP contribution is -2.15. The van der Waals surface area contributed by atoms with Crippen LogP contribution in [0, 0.1) is 21.4 Å². The van der Waals surface area contributed by atoms with E-state index in [1.54, 1.807) is 24.3 Å². The summed E-state index contributed by atoms with van der Waals surface area (Å²) >= 11 is 0. The Morgan fingerprint density at radius 3 is 2.73 bits per heavy atom. The summed E-state index contributed by atoms with van der Waals surface area (Å²) in [7, 11) is 0. The van der Waals surface area contributed by atoms with Gasteiger partial charge in [0.2, 0.25) is 5.69 Å². The zero-order chi connectivity index (χ0) is 15.5. The highest BCUT2D eigenvalue weighted by Crippen LogP contribution is 2.33. The van der Waals surface area contributed by atoms with Gasteiger partial charge in [0.05, 0.1) is 4.92 Å². The fraction of sp³-hybridized carbons (Fsp3) is 0.143. The van der Waals surface area contributed by atoms with Crippen molar-refractivity contribution in [1.29, 1.82) is 5.26 Å². The van der Waals surface area contributed by atoms with Gasteiger partial charge in [-0.1, -0.05) is 0 Å². The van der Waals surface area contributed by atoms with Gasteiger partial charge in [0.25, 0.3) is 0 Å². The number of hydrogen-bond acceptors (Lipinski definition) is 7. The van der Waals surface area contributed by atoms with Gasteiger partial charge in [0.15, 0.2) is 11.5 Å². The van der Waals surface area contributed by atoms with Gasteiger partial charge in [-0.25, -0.2) is 4.98 Å². The lowest BCUT2D eigenvalue weighted by molar-refractivity contribution is -0.385. The third-order valence-corrected chi connectivity index (χ3v) is 2.99. The largest absolute Gasteiger partial charge is 0.486 e. The van der Waals surface area contributed by atoms with E-state index in [2.05, 4.69) is 10.3 Å². The summed E-state index contributed by atoms with van der Waals surface area (Å²) < 4.78 is 10.9. The molecule has 0 unspecified atom stereocenters. The zero-order valence-corrected chi connectivity index (χ0v) is 11.3. The van der Waals surface area contributed by atoms with Crippen molar-refractivity contribution in [3.63, 3.8) is 0 Å². The lowest BCUT2D eigenvalue weighted by atomic mass is 10.2. The van der Waals surface area contributed by atoms with Crippen LogP contribution in [0.1, 0.15) is 5.69 Å². The van der Waals surface area contributed by atoms with Gasteiger partial charge < -0.3 is 14.8 Å². The number of nitrogens with one attached hydrogen (secondary N) is 1. The van der Waals surface area contributed by atoms with Crippen molar-refractivity contribution in [3.8, 4) is 17.6 Å². The first-order chi connectivity index (χ1) is 10.7. The van der Waals surface area contributed by atoms with Crippen LogP contribution in [0.4, 0.5) is 17.2 Å². The minimum Gasteiger partial charge on any atom is -0.486 e. The summed E-state index contributed by atoms with van der Waals surface area (Å²) in [5.74, 6) is 1.60. The molecule has 0 bridgehead atoms. The van der Waals surface area contributed by atoms with Crippen LogP contribution in [-0.2, 0) is 0 Å². The molecule has 2 aromatic rings. The molecular weight excluding hydrogens is 288 g/mol. The van der Waals surface area contributed by atoms with Crippen molar-refractivity contribution in [3.05, 3.63) is 46.1 Å². The molecule has 0 fully saturated rings. The number of ether oxygens (including phenoxy) is 2. The third-order valence-electron chi connectivity index (χ3n) is 2.99. The molecule has 0 atom stereocenters. The molecule has 8 heteroatoms. The van der Waals surface area contributed by atoms with E-state index < -0.39 is 4.92 Å². The smallest absolute Gasteiger partial charge is 0.305 e. The highest BCUT2D eigenvalue weighted by atomic mass is 16.6. The Kier molecular flexibility index (Phi) is 3.45. The molecular formula is C14H10N4O4. The number of nitriles is 1. The Labute approximate surface area is 125 Å². The minimum atomic E-state index is -0.639. The molecule has 0 spiro atoms. The predicted molar refractivity (Wildman–Crippen MR) is 76.3 cm³/mol. The molecule has 2 heterocycles. The van der Waals surface area contributed by atoms with Crippen molar-refractivity contribution in [2.45, 2.75) is 0 Å². The highest BCUT2D eigenvalue weighted by molar-refractivity contribution is 5.63. The van der Waals surface area contributed by atoms with Gasteiger partial charge in [0, 0.05) is 17.8 Å². The third kappa shape index (κ3) is 2.60. The van der Waals surface area contributed by atoms with Gasteiger partial charge in [0.1, 0.15) is 25.1 Å². The highest BCUT2D eigenvalue weighted by Gasteiger charge is 2.16. The first kappa shape index (κ1) is 13.6. The second kappa shape index (κ2) is 5.57. The van der Waals surface area contributed by atoms with Gasteiger partial charge in [-0.3, -0.25) is 10.1 Å². The molecule has 0 amide bonds. The Bertz CT molecular complexity index is 785. The molecule has 1 N–H and O–H groups in total. The van der Waals surface area contributed by atoms with Crippen LogP contribution >= 0.6 is 0 Å². The lowest BCUT2D eigenvalue weighted by Gasteiger charge is -2.19. The van der Waals surface area contributed by atoms with Crippen molar-refractivity contribution >= 4 is 17.2 Å². The van der Waals surface area contributed by atoms with E-state index in [-0.39, 0.29) is 11.4 Å². The second-order valence-electron chi connectivity index (χ2n) is 4.42. The molecule has 22 heavy (non-hydrogen) atoms. The first-order valence-corrected chi connectivity index (χ1v) is 6.39. The van der Waals surface area contributed by atoms with Crippen LogP contribution in [-0.4, -0.2) is 23.1 Å². The first-order valence-electron chi connectivity index (χ1n) is 6.39. The summed E-state index contributed by atoms with van der Waals surface area (Å²) in [6, 6.07) is 9.66.